The maximum absolute atomic E-state index is 12.8. The number of rotatable bonds is 9. The zero-order valence-corrected chi connectivity index (χ0v) is 28.2. The Labute approximate surface area is 286 Å². The van der Waals surface area contributed by atoms with Gasteiger partial charge in [-0.15, -0.1) is 9.24 Å². The number of amides is 1. The molecule has 46 heavy (non-hydrogen) atoms. The predicted molar refractivity (Wildman–Crippen MR) is 163 cm³/mol. The zero-order chi connectivity index (χ0) is 32.4. The Morgan fingerprint density at radius 2 is 1.22 bits per heavy atom. The van der Waals surface area contributed by atoms with Gasteiger partial charge in [-0.2, -0.15) is 5.11 Å². The summed E-state index contributed by atoms with van der Waals surface area (Å²) in [5.74, 6) is -1.02. The van der Waals surface area contributed by atoms with Gasteiger partial charge >= 0.3 is 29.6 Å². The van der Waals surface area contributed by atoms with Gasteiger partial charge in [0.05, 0.1) is 37.1 Å². The molecule has 5 aromatic rings. The molecule has 0 aromatic heterocycles. The number of benzene rings is 5. The fraction of sp³-hybridized carbons (Fsp3) is 0. The molecule has 0 bridgehead atoms. The molecular weight excluding hydrogens is 668 g/mol. The van der Waals surface area contributed by atoms with E-state index in [0.717, 1.165) is 18.2 Å². The number of phenolic OH excluding ortho intramolecular Hbond substituents is 1. The topological polar surface area (TPSA) is 212 Å². The number of phenols is 1. The summed E-state index contributed by atoms with van der Waals surface area (Å²) in [5, 5.41) is 20.8. The molecule has 0 unspecified atom stereocenters. The molecule has 5 rings (SSSR count). The summed E-state index contributed by atoms with van der Waals surface area (Å²) in [5.41, 5.74) is 0.176. The maximum atomic E-state index is 12.8. The number of hydrogen-bond donors (Lipinski definition) is 3. The minimum absolute atomic E-state index is 0. The predicted octanol–water partition coefficient (Wildman–Crippen LogP) is 1.79. The average Bonchev–Trinajstić information content (AvgIpc) is 3.01. The Hall–Kier alpha value is -4.00. The van der Waals surface area contributed by atoms with Crippen LogP contribution in [0.1, 0.15) is 10.4 Å². The standard InChI is InChI=1S/C29H22N4O9S3.Na/c34-25-17-15-24(28-26(45(40,41)42)18-16-23(27(25)28)30-29(35)19-7-3-1-4-8-19)32-31-20-11-13-22(14-12-20)44(38,39)33-43(36,37)21-9-5-2-6-10-21;/h1-18,33-34H,(H,30,35)(H,40,41,42);/q;+1/p-1. The van der Waals surface area contributed by atoms with Gasteiger partial charge in [0.15, 0.2) is 0 Å². The number of nitrogens with zero attached hydrogens (tertiary/aromatic N) is 2. The molecule has 0 fully saturated rings. The normalized spacial score (nSPS) is 12.1. The van der Waals surface area contributed by atoms with Gasteiger partial charge in [0, 0.05) is 10.9 Å². The summed E-state index contributed by atoms with van der Waals surface area (Å²) in [6.07, 6.45) is 0. The minimum Gasteiger partial charge on any atom is -0.744 e. The van der Waals surface area contributed by atoms with E-state index in [4.69, 9.17) is 0 Å². The summed E-state index contributed by atoms with van der Waals surface area (Å²) in [7, 11) is -14.0. The molecule has 1 amide bonds. The number of carbonyl (C=O) groups is 1. The Morgan fingerprint density at radius 1 is 0.652 bits per heavy atom. The second-order valence-electron chi connectivity index (χ2n) is 9.34. The van der Waals surface area contributed by atoms with Crippen LogP contribution in [0.15, 0.2) is 134 Å². The van der Waals surface area contributed by atoms with Crippen LogP contribution in [0.25, 0.3) is 10.8 Å². The fourth-order valence-corrected chi connectivity index (χ4v) is 7.88. The third-order valence-corrected chi connectivity index (χ3v) is 10.7. The van der Waals surface area contributed by atoms with Crippen molar-refractivity contribution in [1.82, 2.24) is 4.13 Å². The van der Waals surface area contributed by atoms with Crippen LogP contribution in [0, 0.1) is 0 Å². The van der Waals surface area contributed by atoms with Gasteiger partial charge < -0.3 is 15.0 Å². The Morgan fingerprint density at radius 3 is 1.80 bits per heavy atom. The van der Waals surface area contributed by atoms with E-state index < -0.39 is 51.6 Å². The molecule has 0 aliphatic carbocycles. The summed E-state index contributed by atoms with van der Waals surface area (Å²) >= 11 is 0. The summed E-state index contributed by atoms with van der Waals surface area (Å²) in [6.45, 7) is 0. The van der Waals surface area contributed by atoms with Crippen LogP contribution in [0.2, 0.25) is 0 Å². The number of anilines is 1. The molecular formula is C29H21N4NaO9S3. The van der Waals surface area contributed by atoms with Crippen molar-refractivity contribution in [2.75, 3.05) is 5.32 Å². The van der Waals surface area contributed by atoms with Crippen molar-refractivity contribution in [3.05, 3.63) is 115 Å². The first-order chi connectivity index (χ1) is 21.3. The zero-order valence-electron chi connectivity index (χ0n) is 23.7. The summed E-state index contributed by atoms with van der Waals surface area (Å²) in [6, 6.07) is 24.1. The first-order valence-corrected chi connectivity index (χ1v) is 17.1. The average molecular weight is 689 g/mol. The van der Waals surface area contributed by atoms with E-state index in [2.05, 4.69) is 15.5 Å². The summed E-state index contributed by atoms with van der Waals surface area (Å²) < 4.78 is 88.6. The van der Waals surface area contributed by atoms with Crippen LogP contribution in [0.5, 0.6) is 5.75 Å². The molecule has 0 saturated heterocycles. The van der Waals surface area contributed by atoms with E-state index in [9.17, 15) is 39.7 Å². The van der Waals surface area contributed by atoms with Crippen molar-refractivity contribution in [3.63, 3.8) is 0 Å². The van der Waals surface area contributed by atoms with Crippen LogP contribution in [-0.4, -0.2) is 40.8 Å². The third-order valence-electron chi connectivity index (χ3n) is 6.33. The molecule has 0 spiro atoms. The monoisotopic (exact) mass is 688 g/mol. The number of aromatic hydroxyl groups is 1. The number of fused-ring (bicyclic) bond motifs is 1. The van der Waals surface area contributed by atoms with Crippen LogP contribution in [-0.2, 0) is 30.2 Å². The van der Waals surface area contributed by atoms with Crippen LogP contribution >= 0.6 is 0 Å². The fourth-order valence-electron chi connectivity index (χ4n) is 4.25. The van der Waals surface area contributed by atoms with Crippen molar-refractivity contribution in [2.24, 2.45) is 10.2 Å². The SMILES string of the molecule is O=C(Nc1ccc(S(=O)(=O)[O-])c2c(N=Nc3ccc(S(=O)(=O)NS(=O)(=O)c4ccccc4)cc3)ccc(O)c12)c1ccccc1.[Na+]. The number of sulfonamides is 2. The van der Waals surface area contributed by atoms with Gasteiger partial charge in [-0.1, -0.05) is 36.4 Å². The van der Waals surface area contributed by atoms with Gasteiger partial charge in [0.1, 0.15) is 15.9 Å². The number of azo groups is 1. The van der Waals surface area contributed by atoms with Crippen LogP contribution in [0.3, 0.4) is 0 Å². The van der Waals surface area contributed by atoms with E-state index in [1.807, 2.05) is 0 Å². The number of carbonyl (C=O) groups excluding carboxylic acids is 1. The van der Waals surface area contributed by atoms with Gasteiger partial charge in [-0.05, 0) is 72.8 Å². The van der Waals surface area contributed by atoms with E-state index in [1.165, 1.54) is 54.6 Å². The van der Waals surface area contributed by atoms with E-state index in [1.54, 1.807) is 40.5 Å². The summed E-state index contributed by atoms with van der Waals surface area (Å²) in [4.78, 5) is 11.4. The maximum Gasteiger partial charge on any atom is 1.00 e. The smallest absolute Gasteiger partial charge is 0.744 e. The molecule has 0 heterocycles. The van der Waals surface area contributed by atoms with Crippen molar-refractivity contribution in [3.8, 4) is 5.75 Å². The quantitative estimate of drug-likeness (QED) is 0.117. The Balaban J connectivity index is 0.00000480. The van der Waals surface area contributed by atoms with E-state index in [-0.39, 0.29) is 67.9 Å². The molecule has 0 atom stereocenters. The molecule has 230 valence electrons. The second-order valence-corrected chi connectivity index (χ2v) is 14.3. The van der Waals surface area contributed by atoms with Crippen LogP contribution < -0.4 is 39.0 Å². The molecule has 0 aliphatic heterocycles. The van der Waals surface area contributed by atoms with Crippen molar-refractivity contribution >= 4 is 63.9 Å². The molecule has 0 saturated carbocycles. The molecule has 0 aliphatic rings. The van der Waals surface area contributed by atoms with Crippen molar-refractivity contribution in [1.29, 1.82) is 0 Å². The second kappa shape index (κ2) is 13.8. The molecule has 13 nitrogen and oxygen atoms in total. The largest absolute Gasteiger partial charge is 1.00 e. The van der Waals surface area contributed by atoms with E-state index in [0.29, 0.717) is 0 Å². The number of nitrogens with one attached hydrogen (secondary N) is 2. The molecule has 3 N–H and O–H groups in total. The molecule has 5 aromatic carbocycles. The number of hydrogen-bond acceptors (Lipinski definition) is 11. The van der Waals surface area contributed by atoms with Crippen molar-refractivity contribution < 1.29 is 69.3 Å². The van der Waals surface area contributed by atoms with Gasteiger partial charge in [-0.25, -0.2) is 25.3 Å². The van der Waals surface area contributed by atoms with Gasteiger partial charge in [0.2, 0.25) is 0 Å². The van der Waals surface area contributed by atoms with Crippen LogP contribution in [0.4, 0.5) is 17.1 Å². The van der Waals surface area contributed by atoms with Crippen molar-refractivity contribution in [2.45, 2.75) is 14.7 Å². The van der Waals surface area contributed by atoms with Gasteiger partial charge in [-0.3, -0.25) is 4.79 Å². The first-order valence-electron chi connectivity index (χ1n) is 12.7. The Bertz CT molecular complexity index is 2290. The first kappa shape index (κ1) is 34.9. The van der Waals surface area contributed by atoms with Gasteiger partial charge in [0.25, 0.3) is 26.0 Å². The van der Waals surface area contributed by atoms with E-state index >= 15 is 0 Å². The third kappa shape index (κ3) is 7.68. The minimum atomic E-state index is -5.10. The Kier molecular flexibility index (Phi) is 10.4. The molecule has 17 heteroatoms. The molecule has 0 radical (unpaired) electrons.